The second-order valence-corrected chi connectivity index (χ2v) is 8.54. The van der Waals surface area contributed by atoms with Gasteiger partial charge in [-0.05, 0) is 13.3 Å². The fourth-order valence-corrected chi connectivity index (χ4v) is 3.26. The number of nitrogens with one attached hydrogen (secondary N) is 1. The van der Waals surface area contributed by atoms with Crippen LogP contribution in [0.1, 0.15) is 12.0 Å². The van der Waals surface area contributed by atoms with E-state index in [9.17, 15) is 13.2 Å². The van der Waals surface area contributed by atoms with Gasteiger partial charge in [0, 0.05) is 17.2 Å². The quantitative estimate of drug-likeness (QED) is 0.788. The summed E-state index contributed by atoms with van der Waals surface area (Å²) in [6.45, 7) is 2.01. The summed E-state index contributed by atoms with van der Waals surface area (Å²) in [5, 5.41) is 4.92. The maximum atomic E-state index is 12.0. The second kappa shape index (κ2) is 8.57. The van der Waals surface area contributed by atoms with Crippen molar-refractivity contribution < 1.29 is 13.2 Å². The third kappa shape index (κ3) is 6.20. The molecule has 132 valence electrons. The Kier molecular flexibility index (Phi) is 7.34. The van der Waals surface area contributed by atoms with Crippen LogP contribution in [0.15, 0.2) is 29.6 Å². The van der Waals surface area contributed by atoms with Crippen LogP contribution in [0.2, 0.25) is 0 Å². The molecule has 1 amide bonds. The van der Waals surface area contributed by atoms with Crippen molar-refractivity contribution in [3.63, 3.8) is 0 Å². The Labute approximate surface area is 151 Å². The van der Waals surface area contributed by atoms with E-state index in [0.29, 0.717) is 5.13 Å². The molecule has 6 nitrogen and oxygen atoms in total. The molecule has 0 bridgehead atoms. The fourth-order valence-electron chi connectivity index (χ4n) is 1.86. The molecule has 1 aromatic carbocycles. The SMILES string of the molecule is Cc1ccc(-c2csc(NC(=O)C(N)CCS(C)(=O)=O)n2)cc1.Cl. The molecular weight excluding hydrogens is 370 g/mol. The molecule has 1 unspecified atom stereocenters. The average Bonchev–Trinajstić information content (AvgIpc) is 2.93. The standard InChI is InChI=1S/C15H19N3O3S2.ClH/c1-10-3-5-11(6-4-10)13-9-22-15(17-13)18-14(19)12(16)7-8-23(2,20)21;/h3-6,9,12H,7-8,16H2,1-2H3,(H,17,18,19);1H. The van der Waals surface area contributed by atoms with Crippen molar-refractivity contribution in [3.8, 4) is 11.3 Å². The van der Waals surface area contributed by atoms with E-state index in [1.54, 1.807) is 0 Å². The highest BCUT2D eigenvalue weighted by Crippen LogP contribution is 2.25. The van der Waals surface area contributed by atoms with Crippen molar-refractivity contribution in [1.82, 2.24) is 4.98 Å². The number of carbonyl (C=O) groups excluding carboxylic acids is 1. The topological polar surface area (TPSA) is 102 Å². The zero-order valence-corrected chi connectivity index (χ0v) is 15.8. The van der Waals surface area contributed by atoms with Crippen molar-refractivity contribution >= 4 is 44.6 Å². The molecule has 2 aromatic rings. The number of carbonyl (C=O) groups is 1. The number of hydrogen-bond donors (Lipinski definition) is 2. The minimum absolute atomic E-state index is 0. The van der Waals surface area contributed by atoms with Crippen molar-refractivity contribution in [2.75, 3.05) is 17.3 Å². The van der Waals surface area contributed by atoms with Crippen molar-refractivity contribution in [2.45, 2.75) is 19.4 Å². The lowest BCUT2D eigenvalue weighted by Gasteiger charge is -2.09. The summed E-state index contributed by atoms with van der Waals surface area (Å²) in [4.78, 5) is 16.3. The van der Waals surface area contributed by atoms with Gasteiger partial charge in [0.1, 0.15) is 9.84 Å². The van der Waals surface area contributed by atoms with Crippen LogP contribution in [0.3, 0.4) is 0 Å². The molecule has 0 aliphatic rings. The largest absolute Gasteiger partial charge is 0.320 e. The summed E-state index contributed by atoms with van der Waals surface area (Å²) >= 11 is 1.30. The Bertz CT molecular complexity index is 789. The van der Waals surface area contributed by atoms with Crippen LogP contribution in [0, 0.1) is 6.92 Å². The molecule has 1 aromatic heterocycles. The van der Waals surface area contributed by atoms with Gasteiger partial charge in [-0.1, -0.05) is 29.8 Å². The van der Waals surface area contributed by atoms with Gasteiger partial charge in [-0.25, -0.2) is 13.4 Å². The Morgan fingerprint density at radius 2 is 1.96 bits per heavy atom. The predicted octanol–water partition coefficient (Wildman–Crippen LogP) is 2.24. The molecule has 0 aliphatic heterocycles. The van der Waals surface area contributed by atoms with Crippen molar-refractivity contribution in [3.05, 3.63) is 35.2 Å². The van der Waals surface area contributed by atoms with E-state index in [0.717, 1.165) is 23.1 Å². The lowest BCUT2D eigenvalue weighted by molar-refractivity contribution is -0.117. The van der Waals surface area contributed by atoms with E-state index >= 15 is 0 Å². The van der Waals surface area contributed by atoms with Crippen LogP contribution in [0.4, 0.5) is 5.13 Å². The Balaban J connectivity index is 0.00000288. The molecule has 2 rings (SSSR count). The molecule has 3 N–H and O–H groups in total. The van der Waals surface area contributed by atoms with E-state index in [1.165, 1.54) is 11.3 Å². The summed E-state index contributed by atoms with van der Waals surface area (Å²) in [6, 6.07) is 7.04. The maximum absolute atomic E-state index is 12.0. The van der Waals surface area contributed by atoms with Gasteiger partial charge in [-0.15, -0.1) is 23.7 Å². The van der Waals surface area contributed by atoms with Crippen LogP contribution in [0.25, 0.3) is 11.3 Å². The van der Waals surface area contributed by atoms with Gasteiger partial charge in [0.15, 0.2) is 5.13 Å². The second-order valence-electron chi connectivity index (χ2n) is 5.42. The molecule has 24 heavy (non-hydrogen) atoms. The average molecular weight is 390 g/mol. The first-order valence-electron chi connectivity index (χ1n) is 7.01. The first-order valence-corrected chi connectivity index (χ1v) is 9.95. The number of sulfone groups is 1. The maximum Gasteiger partial charge on any atom is 0.243 e. The van der Waals surface area contributed by atoms with E-state index < -0.39 is 21.8 Å². The number of benzene rings is 1. The van der Waals surface area contributed by atoms with Crippen LogP contribution >= 0.6 is 23.7 Å². The number of nitrogens with two attached hydrogens (primary N) is 1. The van der Waals surface area contributed by atoms with Gasteiger partial charge in [0.25, 0.3) is 0 Å². The summed E-state index contributed by atoms with van der Waals surface area (Å²) < 4.78 is 22.2. The highest BCUT2D eigenvalue weighted by Gasteiger charge is 2.17. The Morgan fingerprint density at radius 1 is 1.33 bits per heavy atom. The smallest absolute Gasteiger partial charge is 0.243 e. The number of aromatic nitrogens is 1. The normalized spacial score (nSPS) is 12.3. The van der Waals surface area contributed by atoms with E-state index in [2.05, 4.69) is 10.3 Å². The molecule has 0 saturated carbocycles. The number of amides is 1. The third-order valence-corrected chi connectivity index (χ3v) is 4.95. The number of aryl methyl sites for hydroxylation is 1. The Hall–Kier alpha value is -1.48. The summed E-state index contributed by atoms with van der Waals surface area (Å²) in [5.74, 6) is -0.549. The lowest BCUT2D eigenvalue weighted by atomic mass is 10.1. The summed E-state index contributed by atoms with van der Waals surface area (Å²) in [7, 11) is -3.13. The highest BCUT2D eigenvalue weighted by atomic mass is 35.5. The van der Waals surface area contributed by atoms with Gasteiger partial charge < -0.3 is 11.1 Å². The number of hydrogen-bond acceptors (Lipinski definition) is 6. The number of anilines is 1. The van der Waals surface area contributed by atoms with Gasteiger partial charge >= 0.3 is 0 Å². The summed E-state index contributed by atoms with van der Waals surface area (Å²) in [5.41, 5.74) is 8.61. The van der Waals surface area contributed by atoms with Crippen molar-refractivity contribution in [2.24, 2.45) is 5.73 Å². The zero-order valence-electron chi connectivity index (χ0n) is 13.4. The first kappa shape index (κ1) is 20.6. The molecule has 0 radical (unpaired) electrons. The number of rotatable bonds is 6. The number of nitrogens with zero attached hydrogens (tertiary/aromatic N) is 1. The van der Waals surface area contributed by atoms with Crippen LogP contribution in [0.5, 0.6) is 0 Å². The summed E-state index contributed by atoms with van der Waals surface area (Å²) in [6.07, 6.45) is 1.20. The molecular formula is C15H20ClN3O3S2. The van der Waals surface area contributed by atoms with Gasteiger partial charge in [-0.3, -0.25) is 4.79 Å². The molecule has 0 spiro atoms. The molecule has 1 heterocycles. The zero-order chi connectivity index (χ0) is 17.0. The third-order valence-electron chi connectivity index (χ3n) is 3.22. The van der Waals surface area contributed by atoms with Gasteiger partial charge in [0.05, 0.1) is 17.5 Å². The van der Waals surface area contributed by atoms with Gasteiger partial charge in [-0.2, -0.15) is 0 Å². The fraction of sp³-hybridized carbons (Fsp3) is 0.333. The van der Waals surface area contributed by atoms with Crippen LogP contribution in [-0.4, -0.2) is 37.4 Å². The Morgan fingerprint density at radius 3 is 2.54 bits per heavy atom. The van der Waals surface area contributed by atoms with Gasteiger partial charge in [0.2, 0.25) is 5.91 Å². The molecule has 1 atom stereocenters. The van der Waals surface area contributed by atoms with Crippen LogP contribution in [-0.2, 0) is 14.6 Å². The van der Waals surface area contributed by atoms with E-state index in [1.807, 2.05) is 36.6 Å². The minimum atomic E-state index is -3.13. The molecule has 0 saturated heterocycles. The number of thiazole rings is 1. The first-order chi connectivity index (χ1) is 10.7. The number of halogens is 1. The molecule has 9 heteroatoms. The van der Waals surface area contributed by atoms with Crippen LogP contribution < -0.4 is 11.1 Å². The molecule has 0 aliphatic carbocycles. The van der Waals surface area contributed by atoms with E-state index in [4.69, 9.17) is 5.73 Å². The molecule has 0 fully saturated rings. The monoisotopic (exact) mass is 389 g/mol. The van der Waals surface area contributed by atoms with E-state index in [-0.39, 0.29) is 24.6 Å². The van der Waals surface area contributed by atoms with Crippen molar-refractivity contribution in [1.29, 1.82) is 0 Å². The predicted molar refractivity (Wildman–Crippen MR) is 100 cm³/mol. The highest BCUT2D eigenvalue weighted by molar-refractivity contribution is 7.90. The lowest BCUT2D eigenvalue weighted by Crippen LogP contribution is -2.37. The minimum Gasteiger partial charge on any atom is -0.320 e.